The smallest absolute Gasteiger partial charge is 0.223 e. The molecule has 0 bridgehead atoms. The molecular formula is C15H24N2O. The molecule has 1 amide bonds. The van der Waals surface area contributed by atoms with Crippen LogP contribution in [0.4, 0.5) is 0 Å². The predicted octanol–water partition coefficient (Wildman–Crippen LogP) is 2.24. The van der Waals surface area contributed by atoms with Crippen LogP contribution in [0.25, 0.3) is 0 Å². The highest BCUT2D eigenvalue weighted by molar-refractivity contribution is 5.78. The van der Waals surface area contributed by atoms with Crippen LogP contribution in [0.1, 0.15) is 37.8 Å². The Kier molecular flexibility index (Phi) is 6.44. The Morgan fingerprint density at radius 2 is 1.89 bits per heavy atom. The molecule has 3 heteroatoms. The topological polar surface area (TPSA) is 55.1 Å². The molecule has 0 aromatic heterocycles. The Labute approximate surface area is 110 Å². The minimum atomic E-state index is -0.00522. The van der Waals surface area contributed by atoms with E-state index in [1.54, 1.807) is 0 Å². The van der Waals surface area contributed by atoms with Gasteiger partial charge >= 0.3 is 0 Å². The van der Waals surface area contributed by atoms with Crippen molar-refractivity contribution in [3.8, 4) is 0 Å². The van der Waals surface area contributed by atoms with Gasteiger partial charge in [0.25, 0.3) is 0 Å². The third kappa shape index (κ3) is 4.88. The number of benzene rings is 1. The van der Waals surface area contributed by atoms with Gasteiger partial charge in [-0.25, -0.2) is 0 Å². The van der Waals surface area contributed by atoms with Crippen molar-refractivity contribution in [3.05, 3.63) is 35.4 Å². The van der Waals surface area contributed by atoms with Crippen molar-refractivity contribution in [2.24, 2.45) is 11.7 Å². The number of hydrogen-bond acceptors (Lipinski definition) is 2. The van der Waals surface area contributed by atoms with E-state index in [1.165, 1.54) is 5.56 Å². The molecule has 0 saturated heterocycles. The van der Waals surface area contributed by atoms with Gasteiger partial charge in [0.1, 0.15) is 0 Å². The number of amides is 1. The first-order valence-electron chi connectivity index (χ1n) is 6.73. The van der Waals surface area contributed by atoms with Crippen LogP contribution in [-0.4, -0.2) is 12.5 Å². The van der Waals surface area contributed by atoms with Crippen LogP contribution in [0.2, 0.25) is 0 Å². The lowest BCUT2D eigenvalue weighted by Gasteiger charge is -2.11. The zero-order valence-corrected chi connectivity index (χ0v) is 11.4. The molecule has 1 unspecified atom stereocenters. The standard InChI is InChI=1S/C15H24N2O/c1-3-4-13-5-7-14(8-6-13)11-17-15(18)12(2)9-10-16/h5-8,12H,3-4,9-11,16H2,1-2H3,(H,17,18). The number of aryl methyl sites for hydroxylation is 1. The maximum atomic E-state index is 11.7. The van der Waals surface area contributed by atoms with Gasteiger partial charge in [-0.2, -0.15) is 0 Å². The molecule has 1 rings (SSSR count). The van der Waals surface area contributed by atoms with Gasteiger partial charge < -0.3 is 11.1 Å². The lowest BCUT2D eigenvalue weighted by molar-refractivity contribution is -0.124. The number of carbonyl (C=O) groups excluding carboxylic acids is 1. The average Bonchev–Trinajstić information content (AvgIpc) is 2.38. The summed E-state index contributed by atoms with van der Waals surface area (Å²) in [5.41, 5.74) is 7.93. The first-order chi connectivity index (χ1) is 8.67. The fraction of sp³-hybridized carbons (Fsp3) is 0.533. The molecule has 1 atom stereocenters. The molecular weight excluding hydrogens is 224 g/mol. The zero-order chi connectivity index (χ0) is 13.4. The summed E-state index contributed by atoms with van der Waals surface area (Å²) >= 11 is 0. The van der Waals surface area contributed by atoms with Crippen molar-refractivity contribution < 1.29 is 4.79 Å². The summed E-state index contributed by atoms with van der Waals surface area (Å²) in [6, 6.07) is 8.43. The molecule has 1 aromatic rings. The Hall–Kier alpha value is -1.35. The second-order valence-electron chi connectivity index (χ2n) is 4.76. The molecule has 1 aromatic carbocycles. The maximum Gasteiger partial charge on any atom is 0.223 e. The molecule has 0 fully saturated rings. The van der Waals surface area contributed by atoms with Crippen molar-refractivity contribution in [1.29, 1.82) is 0 Å². The number of rotatable bonds is 7. The highest BCUT2D eigenvalue weighted by Gasteiger charge is 2.10. The average molecular weight is 248 g/mol. The quantitative estimate of drug-likeness (QED) is 0.777. The summed E-state index contributed by atoms with van der Waals surface area (Å²) in [6.45, 7) is 5.24. The maximum absolute atomic E-state index is 11.7. The summed E-state index contributed by atoms with van der Waals surface area (Å²) in [5, 5.41) is 2.94. The predicted molar refractivity (Wildman–Crippen MR) is 75.1 cm³/mol. The molecule has 0 saturated carbocycles. The van der Waals surface area contributed by atoms with Gasteiger partial charge in [0.05, 0.1) is 0 Å². The van der Waals surface area contributed by atoms with E-state index in [2.05, 4.69) is 36.5 Å². The van der Waals surface area contributed by atoms with E-state index in [0.717, 1.165) is 24.8 Å². The summed E-state index contributed by atoms with van der Waals surface area (Å²) in [5.74, 6) is 0.0763. The third-order valence-corrected chi connectivity index (χ3v) is 3.08. The van der Waals surface area contributed by atoms with Crippen LogP contribution >= 0.6 is 0 Å². The van der Waals surface area contributed by atoms with Crippen molar-refractivity contribution in [3.63, 3.8) is 0 Å². The highest BCUT2D eigenvalue weighted by Crippen LogP contribution is 2.07. The SMILES string of the molecule is CCCc1ccc(CNC(=O)C(C)CCN)cc1. The van der Waals surface area contributed by atoms with Crippen LogP contribution < -0.4 is 11.1 Å². The molecule has 0 spiro atoms. The molecule has 100 valence electrons. The van der Waals surface area contributed by atoms with Gasteiger partial charge in [-0.05, 0) is 30.5 Å². The van der Waals surface area contributed by atoms with Crippen molar-refractivity contribution in [1.82, 2.24) is 5.32 Å². The highest BCUT2D eigenvalue weighted by atomic mass is 16.1. The van der Waals surface area contributed by atoms with E-state index in [-0.39, 0.29) is 11.8 Å². The summed E-state index contributed by atoms with van der Waals surface area (Å²) in [7, 11) is 0. The van der Waals surface area contributed by atoms with Crippen LogP contribution in [0.15, 0.2) is 24.3 Å². The molecule has 0 aliphatic rings. The summed E-state index contributed by atoms with van der Waals surface area (Å²) < 4.78 is 0. The van der Waals surface area contributed by atoms with Crippen molar-refractivity contribution in [2.75, 3.05) is 6.54 Å². The lowest BCUT2D eigenvalue weighted by atomic mass is 10.1. The van der Waals surface area contributed by atoms with Gasteiger partial charge in [0, 0.05) is 12.5 Å². The molecule has 0 aliphatic heterocycles. The largest absolute Gasteiger partial charge is 0.352 e. The minimum Gasteiger partial charge on any atom is -0.352 e. The lowest BCUT2D eigenvalue weighted by Crippen LogP contribution is -2.29. The molecule has 3 N–H and O–H groups in total. The third-order valence-electron chi connectivity index (χ3n) is 3.08. The molecule has 0 heterocycles. The zero-order valence-electron chi connectivity index (χ0n) is 11.4. The summed E-state index contributed by atoms with van der Waals surface area (Å²) in [4.78, 5) is 11.7. The van der Waals surface area contributed by atoms with E-state index in [4.69, 9.17) is 5.73 Å². The molecule has 0 aliphatic carbocycles. The number of hydrogen-bond donors (Lipinski definition) is 2. The minimum absolute atomic E-state index is 0.00522. The first kappa shape index (κ1) is 14.7. The van der Waals surface area contributed by atoms with Gasteiger partial charge in [-0.1, -0.05) is 44.5 Å². The normalized spacial score (nSPS) is 12.2. The van der Waals surface area contributed by atoms with Gasteiger partial charge in [0.15, 0.2) is 0 Å². The van der Waals surface area contributed by atoms with Crippen LogP contribution in [0, 0.1) is 5.92 Å². The molecule has 18 heavy (non-hydrogen) atoms. The van der Waals surface area contributed by atoms with E-state index in [9.17, 15) is 4.79 Å². The van der Waals surface area contributed by atoms with Gasteiger partial charge in [0.2, 0.25) is 5.91 Å². The number of carbonyl (C=O) groups is 1. The van der Waals surface area contributed by atoms with Gasteiger partial charge in [-0.3, -0.25) is 4.79 Å². The Balaban J connectivity index is 2.41. The first-order valence-corrected chi connectivity index (χ1v) is 6.73. The second-order valence-corrected chi connectivity index (χ2v) is 4.76. The number of nitrogens with two attached hydrogens (primary N) is 1. The van der Waals surface area contributed by atoms with Crippen molar-refractivity contribution in [2.45, 2.75) is 39.7 Å². The summed E-state index contributed by atoms with van der Waals surface area (Å²) in [6.07, 6.45) is 3.01. The fourth-order valence-electron chi connectivity index (χ4n) is 1.86. The second kappa shape index (κ2) is 7.88. The van der Waals surface area contributed by atoms with Crippen LogP contribution in [0.5, 0.6) is 0 Å². The van der Waals surface area contributed by atoms with Crippen LogP contribution in [0.3, 0.4) is 0 Å². The van der Waals surface area contributed by atoms with E-state index < -0.39 is 0 Å². The van der Waals surface area contributed by atoms with Gasteiger partial charge in [-0.15, -0.1) is 0 Å². The van der Waals surface area contributed by atoms with E-state index in [0.29, 0.717) is 13.1 Å². The monoisotopic (exact) mass is 248 g/mol. The van der Waals surface area contributed by atoms with E-state index in [1.807, 2.05) is 6.92 Å². The molecule has 3 nitrogen and oxygen atoms in total. The molecule has 0 radical (unpaired) electrons. The fourth-order valence-corrected chi connectivity index (χ4v) is 1.86. The Bertz CT molecular complexity index is 359. The van der Waals surface area contributed by atoms with E-state index >= 15 is 0 Å². The number of nitrogens with one attached hydrogen (secondary N) is 1. The Morgan fingerprint density at radius 1 is 1.28 bits per heavy atom. The Morgan fingerprint density at radius 3 is 2.44 bits per heavy atom. The van der Waals surface area contributed by atoms with Crippen molar-refractivity contribution >= 4 is 5.91 Å². The van der Waals surface area contributed by atoms with Crippen LogP contribution in [-0.2, 0) is 17.8 Å².